The molecule has 8 nitrogen and oxygen atoms in total. The highest BCUT2D eigenvalue weighted by molar-refractivity contribution is 7.99. The molecule has 2 heterocycles. The predicted octanol–water partition coefficient (Wildman–Crippen LogP) is 5.14. The Morgan fingerprint density at radius 1 is 1.16 bits per heavy atom. The van der Waals surface area contributed by atoms with Crippen molar-refractivity contribution in [2.24, 2.45) is 34.5 Å². The van der Waals surface area contributed by atoms with E-state index in [4.69, 9.17) is 9.47 Å². The van der Waals surface area contributed by atoms with Crippen molar-refractivity contribution in [3.63, 3.8) is 0 Å². The first-order valence-corrected chi connectivity index (χ1v) is 17.2. The standard InChI is InChI=1S/C35H40N2O6S/c1-33-14-13-21(38)15-20(33)11-12-22-24-16-28-35(34(24,2)17-26(39)29(22)33,43-31(42-28)19-7-3-4-8-19)27(40)18-44-32-36-25-10-6-5-9-23(25)30(41)37-32/h5-6,9-10,13-15,19,22,24,26,28-29,31,39H,3-4,7-8,11-12,16-18H2,1-2H3,(H,36,37,41)/t22?,24?,26-,28-,29?,31?,33?,34?,35+/m0/s1. The van der Waals surface area contributed by atoms with Gasteiger partial charge in [0.1, 0.15) is 0 Å². The van der Waals surface area contributed by atoms with Crippen LogP contribution in [0.2, 0.25) is 0 Å². The van der Waals surface area contributed by atoms with E-state index in [0.717, 1.165) is 44.1 Å². The minimum atomic E-state index is -1.18. The molecule has 44 heavy (non-hydrogen) atoms. The van der Waals surface area contributed by atoms with E-state index in [1.165, 1.54) is 11.8 Å². The summed E-state index contributed by atoms with van der Waals surface area (Å²) in [7, 11) is 0. The third-order valence-corrected chi connectivity index (χ3v) is 13.3. The van der Waals surface area contributed by atoms with Crippen molar-refractivity contribution >= 4 is 34.2 Å². The molecule has 0 radical (unpaired) electrons. The second-order valence-corrected chi connectivity index (χ2v) is 15.4. The smallest absolute Gasteiger partial charge is 0.259 e. The Balaban J connectivity index is 1.14. The van der Waals surface area contributed by atoms with Gasteiger partial charge in [-0.15, -0.1) is 0 Å². The highest BCUT2D eigenvalue weighted by Gasteiger charge is 2.76. The van der Waals surface area contributed by atoms with Gasteiger partial charge in [-0.3, -0.25) is 14.4 Å². The summed E-state index contributed by atoms with van der Waals surface area (Å²) >= 11 is 1.23. The van der Waals surface area contributed by atoms with Gasteiger partial charge in [-0.2, -0.15) is 0 Å². The zero-order valence-corrected chi connectivity index (χ0v) is 26.1. The fraction of sp³-hybridized carbons (Fsp3) is 0.600. The number of rotatable bonds is 5. The molecule has 232 valence electrons. The van der Waals surface area contributed by atoms with Gasteiger partial charge in [0.15, 0.2) is 28.6 Å². The molecule has 1 aliphatic heterocycles. The minimum absolute atomic E-state index is 0.0190. The topological polar surface area (TPSA) is 119 Å². The summed E-state index contributed by atoms with van der Waals surface area (Å²) in [5, 5.41) is 12.9. The number of aromatic amines is 1. The number of fused-ring (bicyclic) bond motifs is 8. The van der Waals surface area contributed by atoms with Crippen LogP contribution in [0.3, 0.4) is 0 Å². The van der Waals surface area contributed by atoms with Gasteiger partial charge >= 0.3 is 0 Å². The second-order valence-electron chi connectivity index (χ2n) is 14.4. The number of ketones is 2. The van der Waals surface area contributed by atoms with E-state index in [1.807, 2.05) is 12.1 Å². The summed E-state index contributed by atoms with van der Waals surface area (Å²) in [6.07, 6.45) is 11.1. The lowest BCUT2D eigenvalue weighted by molar-refractivity contribution is -0.205. The van der Waals surface area contributed by atoms with Crippen LogP contribution in [0.15, 0.2) is 58.0 Å². The number of aliphatic hydroxyl groups is 1. The lowest BCUT2D eigenvalue weighted by Crippen LogP contribution is -2.63. The third kappa shape index (κ3) is 4.01. The number of thioether (sulfide) groups is 1. The number of benzene rings is 1. The summed E-state index contributed by atoms with van der Waals surface area (Å²) < 4.78 is 13.8. The molecule has 2 N–H and O–H groups in total. The third-order valence-electron chi connectivity index (χ3n) is 12.4. The summed E-state index contributed by atoms with van der Waals surface area (Å²) in [5.74, 6) is 0.578. The Labute approximate surface area is 261 Å². The molecular formula is C35H40N2O6S. The molecule has 0 spiro atoms. The van der Waals surface area contributed by atoms with Gasteiger partial charge < -0.3 is 19.6 Å². The van der Waals surface area contributed by atoms with Crippen LogP contribution < -0.4 is 5.56 Å². The van der Waals surface area contributed by atoms with Crippen LogP contribution in [0, 0.1) is 34.5 Å². The van der Waals surface area contributed by atoms with E-state index in [1.54, 1.807) is 30.4 Å². The molecule has 0 bridgehead atoms. The molecular weight excluding hydrogens is 576 g/mol. The van der Waals surface area contributed by atoms with Crippen LogP contribution in [0.5, 0.6) is 0 Å². The number of allylic oxidation sites excluding steroid dienone is 4. The van der Waals surface area contributed by atoms with Crippen LogP contribution in [0.4, 0.5) is 0 Å². The quantitative estimate of drug-likeness (QED) is 0.350. The van der Waals surface area contributed by atoms with Crippen molar-refractivity contribution < 1.29 is 24.2 Å². The van der Waals surface area contributed by atoms with E-state index >= 15 is 0 Å². The number of H-pyrrole nitrogens is 1. The maximum absolute atomic E-state index is 14.7. The number of carbonyl (C=O) groups excluding carboxylic acids is 2. The Morgan fingerprint density at radius 2 is 1.95 bits per heavy atom. The largest absolute Gasteiger partial charge is 0.393 e. The number of aliphatic hydroxyl groups excluding tert-OH is 1. The SMILES string of the molecule is CC12C=CC(=O)C=C1CCC1C2[C@@H](O)CC2(C)C1C[C@@H]1OC(C3CCCC3)O[C@]12C(=O)CSc1nc2ccccc2c(=O)[nH]1. The zero-order valence-electron chi connectivity index (χ0n) is 25.3. The molecule has 5 aliphatic carbocycles. The highest BCUT2D eigenvalue weighted by Crippen LogP contribution is 2.70. The van der Waals surface area contributed by atoms with Gasteiger partial charge in [0.25, 0.3) is 5.56 Å². The molecule has 1 saturated heterocycles. The fourth-order valence-electron chi connectivity index (χ4n) is 10.4. The van der Waals surface area contributed by atoms with Gasteiger partial charge in [-0.1, -0.05) is 62.2 Å². The maximum Gasteiger partial charge on any atom is 0.259 e. The van der Waals surface area contributed by atoms with Crippen LogP contribution in [-0.4, -0.2) is 56.5 Å². The number of carbonyl (C=O) groups is 2. The fourth-order valence-corrected chi connectivity index (χ4v) is 11.2. The van der Waals surface area contributed by atoms with Gasteiger partial charge in [0.2, 0.25) is 0 Å². The molecule has 4 saturated carbocycles. The Kier molecular flexibility index (Phi) is 6.69. The average molecular weight is 617 g/mol. The van der Waals surface area contributed by atoms with E-state index < -0.39 is 23.4 Å². The lowest BCUT2D eigenvalue weighted by Gasteiger charge is -2.59. The van der Waals surface area contributed by atoms with Crippen LogP contribution in [0.1, 0.15) is 65.2 Å². The van der Waals surface area contributed by atoms with E-state index in [2.05, 4.69) is 23.8 Å². The van der Waals surface area contributed by atoms with Crippen molar-refractivity contribution in [3.05, 3.63) is 58.4 Å². The van der Waals surface area contributed by atoms with Gasteiger partial charge in [0.05, 0.1) is 28.9 Å². The molecule has 8 rings (SSSR count). The van der Waals surface area contributed by atoms with E-state index in [9.17, 15) is 19.5 Å². The number of nitrogens with one attached hydrogen (secondary N) is 1. The van der Waals surface area contributed by atoms with Crippen molar-refractivity contribution in [2.75, 3.05) is 5.75 Å². The van der Waals surface area contributed by atoms with Crippen molar-refractivity contribution in [1.82, 2.24) is 9.97 Å². The summed E-state index contributed by atoms with van der Waals surface area (Å²) in [6.45, 7) is 4.32. The predicted molar refractivity (Wildman–Crippen MR) is 166 cm³/mol. The first-order valence-electron chi connectivity index (χ1n) is 16.2. The number of nitrogens with zero attached hydrogens (tertiary/aromatic N) is 1. The normalized spacial score (nSPS) is 41.2. The maximum atomic E-state index is 14.7. The van der Waals surface area contributed by atoms with Crippen molar-refractivity contribution in [2.45, 2.75) is 94.5 Å². The molecule has 6 aliphatic rings. The first-order chi connectivity index (χ1) is 21.1. The summed E-state index contributed by atoms with van der Waals surface area (Å²) in [4.78, 5) is 47.1. The Hall–Kier alpha value is -2.59. The molecule has 9 atom stereocenters. The number of hydrogen-bond donors (Lipinski definition) is 2. The number of ether oxygens (including phenoxy) is 2. The van der Waals surface area contributed by atoms with Gasteiger partial charge in [-0.05, 0) is 74.6 Å². The first kappa shape index (κ1) is 28.9. The number of Topliss-reactive ketones (excluding diaryl/α,β-unsaturated/α-hetero) is 1. The number of aromatic nitrogens is 2. The monoisotopic (exact) mass is 616 g/mol. The minimum Gasteiger partial charge on any atom is -0.393 e. The molecule has 9 heteroatoms. The Morgan fingerprint density at radius 3 is 2.77 bits per heavy atom. The van der Waals surface area contributed by atoms with Gasteiger partial charge in [0, 0.05) is 22.7 Å². The number of hydrogen-bond acceptors (Lipinski definition) is 8. The van der Waals surface area contributed by atoms with Gasteiger partial charge in [-0.25, -0.2) is 4.98 Å². The molecule has 0 amide bonds. The summed E-state index contributed by atoms with van der Waals surface area (Å²) in [5.41, 5.74) is -0.717. The lowest BCUT2D eigenvalue weighted by atomic mass is 9.46. The molecule has 1 aromatic heterocycles. The van der Waals surface area contributed by atoms with E-state index in [-0.39, 0.29) is 58.1 Å². The number of para-hydroxylation sites is 1. The van der Waals surface area contributed by atoms with Crippen LogP contribution in [0.25, 0.3) is 10.9 Å². The second kappa shape index (κ2) is 10.2. The molecule has 2 aromatic rings. The van der Waals surface area contributed by atoms with Crippen molar-refractivity contribution in [3.8, 4) is 0 Å². The average Bonchev–Trinajstić information content (AvgIpc) is 3.72. The Bertz CT molecular complexity index is 1660. The zero-order chi connectivity index (χ0) is 30.4. The molecule has 5 fully saturated rings. The molecule has 6 unspecified atom stereocenters. The van der Waals surface area contributed by atoms with Crippen LogP contribution in [-0.2, 0) is 19.1 Å². The summed E-state index contributed by atoms with van der Waals surface area (Å²) in [6, 6.07) is 7.19. The highest BCUT2D eigenvalue weighted by atomic mass is 32.2. The van der Waals surface area contributed by atoms with Crippen molar-refractivity contribution in [1.29, 1.82) is 0 Å². The molecule has 1 aromatic carbocycles. The van der Waals surface area contributed by atoms with E-state index in [0.29, 0.717) is 28.9 Å². The van der Waals surface area contributed by atoms with Crippen LogP contribution >= 0.6 is 11.8 Å².